The molecule has 0 saturated carbocycles. The van der Waals surface area contributed by atoms with Crippen LogP contribution in [0.4, 0.5) is 0 Å². The molecule has 1 saturated heterocycles. The summed E-state index contributed by atoms with van der Waals surface area (Å²) < 4.78 is 0. The number of aromatic nitrogens is 1. The summed E-state index contributed by atoms with van der Waals surface area (Å²) >= 11 is 0. The van der Waals surface area contributed by atoms with Crippen LogP contribution in [0.1, 0.15) is 25.5 Å². The third kappa shape index (κ3) is 3.58. The van der Waals surface area contributed by atoms with Crippen molar-refractivity contribution in [3.63, 3.8) is 0 Å². The highest BCUT2D eigenvalue weighted by Crippen LogP contribution is 2.21. The molecule has 0 radical (unpaired) electrons. The standard InChI is InChI=1S/C17H20N6/c1-12-11-21-17(22-13-5-8-19-9-6-13)23-16(12)14(10-18)15-4-2-3-7-20-15/h2-4,7,11,13,19H,5-6,8-9H2,1H3,(H2,21,22,23)/b16-14-. The Labute approximate surface area is 136 Å². The minimum absolute atomic E-state index is 0.305. The molecule has 0 amide bonds. The van der Waals surface area contributed by atoms with E-state index in [1.54, 1.807) is 6.20 Å². The van der Waals surface area contributed by atoms with Crippen molar-refractivity contribution in [2.75, 3.05) is 13.1 Å². The Morgan fingerprint density at radius 3 is 2.87 bits per heavy atom. The first-order valence-electron chi connectivity index (χ1n) is 7.83. The molecule has 2 aliphatic rings. The van der Waals surface area contributed by atoms with Crippen LogP contribution in [0.2, 0.25) is 0 Å². The number of hydrogen-bond acceptors (Lipinski definition) is 4. The average Bonchev–Trinajstić information content (AvgIpc) is 2.60. The Hall–Kier alpha value is -2.65. The van der Waals surface area contributed by atoms with Crippen LogP contribution in [0.25, 0.3) is 5.57 Å². The fourth-order valence-corrected chi connectivity index (χ4v) is 2.70. The molecule has 1 aromatic heterocycles. The Balaban J connectivity index is 1.90. The molecule has 1 aromatic rings. The molecule has 0 aliphatic carbocycles. The molecule has 6 nitrogen and oxygen atoms in total. The van der Waals surface area contributed by atoms with Crippen LogP contribution in [0.15, 0.2) is 46.9 Å². The van der Waals surface area contributed by atoms with Gasteiger partial charge in [0.2, 0.25) is 0 Å². The van der Waals surface area contributed by atoms with Gasteiger partial charge in [-0.1, -0.05) is 6.07 Å². The van der Waals surface area contributed by atoms with E-state index in [0.717, 1.165) is 37.2 Å². The Kier molecular flexibility index (Phi) is 4.69. The molecular formula is C17H20N6. The van der Waals surface area contributed by atoms with Gasteiger partial charge in [-0.05, 0) is 50.6 Å². The molecule has 0 unspecified atom stereocenters. The summed E-state index contributed by atoms with van der Waals surface area (Å²) in [5.74, 6) is 0.696. The first-order chi connectivity index (χ1) is 11.3. The zero-order valence-corrected chi connectivity index (χ0v) is 13.1. The van der Waals surface area contributed by atoms with E-state index in [9.17, 15) is 5.26 Å². The van der Waals surface area contributed by atoms with Crippen LogP contribution in [0.5, 0.6) is 0 Å². The molecule has 0 atom stereocenters. The number of nitrogens with one attached hydrogen (secondary N) is 3. The number of aliphatic imine (C=N–C) groups is 1. The number of nitrogens with zero attached hydrogens (tertiary/aromatic N) is 3. The molecule has 3 heterocycles. The zero-order valence-electron chi connectivity index (χ0n) is 13.1. The normalized spacial score (nSPS) is 22.6. The average molecular weight is 308 g/mol. The molecule has 6 heteroatoms. The summed E-state index contributed by atoms with van der Waals surface area (Å²) in [4.78, 5) is 9.02. The van der Waals surface area contributed by atoms with Crippen molar-refractivity contribution in [3.05, 3.63) is 47.6 Å². The minimum Gasteiger partial charge on any atom is -0.332 e. The number of piperidine rings is 1. The van der Waals surface area contributed by atoms with E-state index in [0.29, 0.717) is 23.3 Å². The quantitative estimate of drug-likeness (QED) is 0.721. The van der Waals surface area contributed by atoms with Gasteiger partial charge in [-0.2, -0.15) is 5.26 Å². The zero-order chi connectivity index (χ0) is 16.1. The van der Waals surface area contributed by atoms with Crippen LogP contribution >= 0.6 is 0 Å². The molecule has 0 spiro atoms. The number of pyridine rings is 1. The predicted octanol–water partition coefficient (Wildman–Crippen LogP) is 1.52. The fourth-order valence-electron chi connectivity index (χ4n) is 2.70. The lowest BCUT2D eigenvalue weighted by atomic mass is 10.0. The Morgan fingerprint density at radius 1 is 1.35 bits per heavy atom. The number of allylic oxidation sites excluding steroid dienone is 2. The third-order valence-corrected chi connectivity index (χ3v) is 3.97. The van der Waals surface area contributed by atoms with E-state index in [1.807, 2.05) is 31.3 Å². The SMILES string of the molecule is CC1=CNC(=NC2CCNCC2)N/C1=C(/C#N)c1ccccn1. The largest absolute Gasteiger partial charge is 0.332 e. The first kappa shape index (κ1) is 15.3. The monoisotopic (exact) mass is 308 g/mol. The van der Waals surface area contributed by atoms with Crippen LogP contribution in [-0.2, 0) is 0 Å². The maximum Gasteiger partial charge on any atom is 0.200 e. The molecule has 2 aliphatic heterocycles. The van der Waals surface area contributed by atoms with Gasteiger partial charge in [0.1, 0.15) is 11.6 Å². The van der Waals surface area contributed by atoms with Crippen molar-refractivity contribution in [2.24, 2.45) is 4.99 Å². The summed E-state index contributed by atoms with van der Waals surface area (Å²) in [5.41, 5.74) is 2.90. The maximum absolute atomic E-state index is 9.57. The van der Waals surface area contributed by atoms with Gasteiger partial charge in [0.15, 0.2) is 5.96 Å². The van der Waals surface area contributed by atoms with Gasteiger partial charge in [0.05, 0.1) is 17.4 Å². The minimum atomic E-state index is 0.305. The molecule has 118 valence electrons. The molecule has 3 rings (SSSR count). The lowest BCUT2D eigenvalue weighted by Crippen LogP contribution is -2.41. The van der Waals surface area contributed by atoms with Gasteiger partial charge in [0, 0.05) is 12.4 Å². The van der Waals surface area contributed by atoms with Crippen LogP contribution in [0.3, 0.4) is 0 Å². The molecular weight excluding hydrogens is 288 g/mol. The summed E-state index contributed by atoms with van der Waals surface area (Å²) in [6.07, 6.45) is 5.63. The molecule has 3 N–H and O–H groups in total. The second kappa shape index (κ2) is 7.07. The van der Waals surface area contributed by atoms with Crippen molar-refractivity contribution < 1.29 is 0 Å². The topological polar surface area (TPSA) is 85.1 Å². The predicted molar refractivity (Wildman–Crippen MR) is 90.1 cm³/mol. The van der Waals surface area contributed by atoms with Gasteiger partial charge in [-0.3, -0.25) is 4.98 Å². The van der Waals surface area contributed by atoms with Crippen LogP contribution in [0, 0.1) is 11.3 Å². The number of nitriles is 1. The third-order valence-electron chi connectivity index (χ3n) is 3.97. The van der Waals surface area contributed by atoms with Gasteiger partial charge in [-0.15, -0.1) is 0 Å². The van der Waals surface area contributed by atoms with E-state index < -0.39 is 0 Å². The smallest absolute Gasteiger partial charge is 0.200 e. The molecule has 1 fully saturated rings. The van der Waals surface area contributed by atoms with Crippen LogP contribution < -0.4 is 16.0 Å². The van der Waals surface area contributed by atoms with Crippen molar-refractivity contribution in [1.29, 1.82) is 5.26 Å². The van der Waals surface area contributed by atoms with Crippen molar-refractivity contribution >= 4 is 11.5 Å². The second-order valence-corrected chi connectivity index (χ2v) is 5.63. The summed E-state index contributed by atoms with van der Waals surface area (Å²) in [7, 11) is 0. The highest BCUT2D eigenvalue weighted by molar-refractivity contribution is 5.90. The van der Waals surface area contributed by atoms with Gasteiger partial charge in [0.25, 0.3) is 0 Å². The first-order valence-corrected chi connectivity index (χ1v) is 7.83. The lowest BCUT2D eigenvalue weighted by Gasteiger charge is -2.24. The Bertz CT molecular complexity index is 690. The van der Waals surface area contributed by atoms with E-state index in [2.05, 4.69) is 27.0 Å². The maximum atomic E-state index is 9.57. The number of guanidine groups is 1. The second-order valence-electron chi connectivity index (χ2n) is 5.63. The van der Waals surface area contributed by atoms with Crippen molar-refractivity contribution in [2.45, 2.75) is 25.8 Å². The van der Waals surface area contributed by atoms with E-state index >= 15 is 0 Å². The fraction of sp³-hybridized carbons (Fsp3) is 0.353. The van der Waals surface area contributed by atoms with Crippen molar-refractivity contribution in [1.82, 2.24) is 20.9 Å². The van der Waals surface area contributed by atoms with Crippen molar-refractivity contribution in [3.8, 4) is 6.07 Å². The Morgan fingerprint density at radius 2 is 2.17 bits per heavy atom. The summed E-state index contributed by atoms with van der Waals surface area (Å²) in [6.45, 7) is 3.95. The van der Waals surface area contributed by atoms with Crippen LogP contribution in [-0.4, -0.2) is 30.1 Å². The van der Waals surface area contributed by atoms with Gasteiger partial charge >= 0.3 is 0 Å². The van der Waals surface area contributed by atoms with Gasteiger partial charge < -0.3 is 16.0 Å². The van der Waals surface area contributed by atoms with E-state index in [4.69, 9.17) is 4.99 Å². The molecule has 23 heavy (non-hydrogen) atoms. The van der Waals surface area contributed by atoms with Gasteiger partial charge in [-0.25, -0.2) is 4.99 Å². The molecule has 0 aromatic carbocycles. The lowest BCUT2D eigenvalue weighted by molar-refractivity contribution is 0.458. The highest BCUT2D eigenvalue weighted by Gasteiger charge is 2.19. The summed E-state index contributed by atoms with van der Waals surface area (Å²) in [6, 6.07) is 8.13. The highest BCUT2D eigenvalue weighted by atomic mass is 15.2. The summed E-state index contributed by atoms with van der Waals surface area (Å²) in [5, 5.41) is 19.3. The number of hydrogen-bond donors (Lipinski definition) is 3. The molecule has 0 bridgehead atoms. The van der Waals surface area contributed by atoms with E-state index in [1.165, 1.54) is 0 Å². The van der Waals surface area contributed by atoms with E-state index in [-0.39, 0.29) is 0 Å². The number of rotatable bonds is 2.